The van der Waals surface area contributed by atoms with Crippen molar-refractivity contribution in [2.75, 3.05) is 0 Å². The second-order valence-electron chi connectivity index (χ2n) is 10.5. The maximum Gasteiger partial charge on any atom is 0.302 e. The summed E-state index contributed by atoms with van der Waals surface area (Å²) in [4.78, 5) is 11.6. The molecule has 9 atom stereocenters. The minimum Gasteiger partial charge on any atom is -0.462 e. The molecule has 4 aliphatic carbocycles. The van der Waals surface area contributed by atoms with Gasteiger partial charge in [0, 0.05) is 30.9 Å². The van der Waals surface area contributed by atoms with Gasteiger partial charge in [0.25, 0.3) is 0 Å². The summed E-state index contributed by atoms with van der Waals surface area (Å²) in [6.07, 6.45) is 6.92. The van der Waals surface area contributed by atoms with E-state index in [-0.39, 0.29) is 46.0 Å². The highest BCUT2D eigenvalue weighted by Crippen LogP contribution is 2.71. The first-order chi connectivity index (χ1) is 14.0. The molecule has 0 aromatic heterocycles. The molecule has 0 aliphatic heterocycles. The predicted octanol–water partition coefficient (Wildman–Crippen LogP) is 2.09. The zero-order valence-corrected chi connectivity index (χ0v) is 19.0. The summed E-state index contributed by atoms with van der Waals surface area (Å²) in [5, 5.41) is 27.4. The topological polar surface area (TPSA) is 117 Å². The predicted molar refractivity (Wildman–Crippen MR) is 117 cm³/mol. The molecular formula is C22H35N3O4S. The summed E-state index contributed by atoms with van der Waals surface area (Å²) in [7, 11) is 0. The first-order valence-electron chi connectivity index (χ1n) is 11.2. The first-order valence-corrected chi connectivity index (χ1v) is 11.6. The Morgan fingerprint density at radius 3 is 2.63 bits per heavy atom. The molecule has 5 N–H and O–H groups in total. The Morgan fingerprint density at radius 2 is 1.97 bits per heavy atom. The number of fused-ring (bicyclic) bond motifs is 5. The van der Waals surface area contributed by atoms with Gasteiger partial charge in [-0.2, -0.15) is 5.10 Å². The second-order valence-corrected chi connectivity index (χ2v) is 11.0. The molecule has 4 aliphatic rings. The van der Waals surface area contributed by atoms with Gasteiger partial charge in [0.1, 0.15) is 6.10 Å². The van der Waals surface area contributed by atoms with Crippen LogP contribution < -0.4 is 11.2 Å². The number of nitrogens with one attached hydrogen (secondary N) is 1. The lowest BCUT2D eigenvalue weighted by atomic mass is 9.55. The lowest BCUT2D eigenvalue weighted by molar-refractivity contribution is -0.170. The molecule has 8 heteroatoms. The highest BCUT2D eigenvalue weighted by Gasteiger charge is 2.72. The number of nitrogens with two attached hydrogens (primary N) is 1. The summed E-state index contributed by atoms with van der Waals surface area (Å²) in [6, 6.07) is 0. The third-order valence-electron chi connectivity index (χ3n) is 9.32. The van der Waals surface area contributed by atoms with E-state index in [1.165, 1.54) is 6.92 Å². The van der Waals surface area contributed by atoms with Crippen molar-refractivity contribution in [3.05, 3.63) is 0 Å². The maximum absolute atomic E-state index is 12.2. The summed E-state index contributed by atoms with van der Waals surface area (Å²) in [5.41, 5.74) is 6.75. The zero-order valence-electron chi connectivity index (χ0n) is 18.1. The molecule has 168 valence electrons. The van der Waals surface area contributed by atoms with Crippen molar-refractivity contribution in [2.45, 2.75) is 83.5 Å². The summed E-state index contributed by atoms with van der Waals surface area (Å²) in [5.74, 6) is 0.345. The molecule has 4 saturated carbocycles. The maximum atomic E-state index is 12.2. The zero-order chi connectivity index (χ0) is 21.9. The lowest BCUT2D eigenvalue weighted by Crippen LogP contribution is -2.55. The number of thiocarbonyl (C=S) groups is 1. The first kappa shape index (κ1) is 22.0. The summed E-state index contributed by atoms with van der Waals surface area (Å²) < 4.78 is 5.54. The number of carbonyl (C=O) groups excluding carboxylic acids is 1. The monoisotopic (exact) mass is 437 g/mol. The van der Waals surface area contributed by atoms with Gasteiger partial charge < -0.3 is 20.7 Å². The van der Waals surface area contributed by atoms with Crippen molar-refractivity contribution in [1.82, 2.24) is 5.43 Å². The second kappa shape index (κ2) is 7.41. The Bertz CT molecular complexity index is 763. The Morgan fingerprint density at radius 1 is 1.23 bits per heavy atom. The van der Waals surface area contributed by atoms with E-state index in [4.69, 9.17) is 22.7 Å². The van der Waals surface area contributed by atoms with Gasteiger partial charge in [0.15, 0.2) is 5.11 Å². The van der Waals surface area contributed by atoms with Crippen LogP contribution >= 0.6 is 12.2 Å². The van der Waals surface area contributed by atoms with E-state index in [1.807, 2.05) is 0 Å². The van der Waals surface area contributed by atoms with Gasteiger partial charge in [0.2, 0.25) is 0 Å². The number of rotatable bonds is 3. The van der Waals surface area contributed by atoms with Gasteiger partial charge in [0.05, 0.1) is 11.7 Å². The molecule has 0 saturated heterocycles. The molecule has 0 spiro atoms. The van der Waals surface area contributed by atoms with E-state index in [2.05, 4.69) is 24.4 Å². The molecule has 0 amide bonds. The van der Waals surface area contributed by atoms with Crippen LogP contribution in [0.2, 0.25) is 0 Å². The standard InChI is InChI=1S/C22H35N3O4S/c1-12(26)29-13-6-9-21(3)15-7-8-20(2)14(4-5-17(20)27)18(15)16(22(21,28)10-13)11-24-25-19(23)30/h11,13-18,27-28H,4-10H2,1-3H3,(H3,23,25,30)/b24-11+/t13-,14-,15-,16+,17-,18-,20-,21+,22+/m0/s1. The fourth-order valence-corrected chi connectivity index (χ4v) is 7.90. The number of hydrogen-bond acceptors (Lipinski definition) is 6. The van der Waals surface area contributed by atoms with Gasteiger partial charge in [-0.3, -0.25) is 10.2 Å². The van der Waals surface area contributed by atoms with Crippen LogP contribution in [0.1, 0.15) is 65.7 Å². The lowest BCUT2D eigenvalue weighted by Gasteiger charge is -2.51. The Balaban J connectivity index is 1.74. The van der Waals surface area contributed by atoms with Crippen molar-refractivity contribution >= 4 is 29.5 Å². The van der Waals surface area contributed by atoms with Gasteiger partial charge in [-0.05, 0) is 73.9 Å². The van der Waals surface area contributed by atoms with E-state index in [0.29, 0.717) is 18.3 Å². The molecular weight excluding hydrogens is 402 g/mol. The number of esters is 1. The number of nitrogens with zero attached hydrogens (tertiary/aromatic N) is 1. The molecule has 0 heterocycles. The quantitative estimate of drug-likeness (QED) is 0.231. The number of aliphatic hydroxyl groups excluding tert-OH is 1. The summed E-state index contributed by atoms with van der Waals surface area (Å²) >= 11 is 4.89. The smallest absolute Gasteiger partial charge is 0.302 e. The van der Waals surface area contributed by atoms with E-state index in [1.54, 1.807) is 6.21 Å². The van der Waals surface area contributed by atoms with Gasteiger partial charge >= 0.3 is 5.97 Å². The highest BCUT2D eigenvalue weighted by atomic mass is 32.1. The number of aliphatic hydroxyl groups is 2. The van der Waals surface area contributed by atoms with Crippen molar-refractivity contribution < 1.29 is 19.7 Å². The molecule has 30 heavy (non-hydrogen) atoms. The number of hydrazone groups is 1. The molecule has 4 fully saturated rings. The van der Waals surface area contributed by atoms with Crippen molar-refractivity contribution in [2.24, 2.45) is 45.3 Å². The van der Waals surface area contributed by atoms with Gasteiger partial charge in [-0.1, -0.05) is 13.8 Å². The Kier molecular flexibility index (Phi) is 5.43. The van der Waals surface area contributed by atoms with Gasteiger partial charge in [-0.25, -0.2) is 0 Å². The third kappa shape index (κ3) is 3.09. The number of carbonyl (C=O) groups is 1. The molecule has 0 radical (unpaired) electrons. The number of hydrogen-bond donors (Lipinski definition) is 4. The van der Waals surface area contributed by atoms with Gasteiger partial charge in [-0.15, -0.1) is 0 Å². The van der Waals surface area contributed by atoms with Crippen LogP contribution in [-0.4, -0.2) is 45.3 Å². The van der Waals surface area contributed by atoms with Crippen LogP contribution in [0.25, 0.3) is 0 Å². The Hall–Kier alpha value is -1.25. The molecule has 4 rings (SSSR count). The van der Waals surface area contributed by atoms with E-state index in [0.717, 1.165) is 38.5 Å². The fraction of sp³-hybridized carbons (Fsp3) is 0.864. The van der Waals surface area contributed by atoms with Crippen LogP contribution in [-0.2, 0) is 9.53 Å². The number of ether oxygens (including phenoxy) is 1. The van der Waals surface area contributed by atoms with E-state index < -0.39 is 5.60 Å². The average Bonchev–Trinajstić information content (AvgIpc) is 3.05. The SMILES string of the molecule is CC(=O)O[C@H]1CC[C@]2(C)[C@H]3CC[C@]4(C)[C@@H](O)CC[C@H]4[C@@H]3[C@@H](/C=N/NC(N)=S)[C@]2(O)C1. The van der Waals surface area contributed by atoms with E-state index in [9.17, 15) is 15.0 Å². The van der Waals surface area contributed by atoms with Crippen LogP contribution in [0.3, 0.4) is 0 Å². The van der Waals surface area contributed by atoms with Crippen LogP contribution in [0.4, 0.5) is 0 Å². The van der Waals surface area contributed by atoms with Crippen molar-refractivity contribution in [3.63, 3.8) is 0 Å². The fourth-order valence-electron chi connectivity index (χ4n) is 7.85. The average molecular weight is 438 g/mol. The largest absolute Gasteiger partial charge is 0.462 e. The van der Waals surface area contributed by atoms with Crippen LogP contribution in [0, 0.1) is 34.5 Å². The molecule has 0 aromatic rings. The molecule has 0 bridgehead atoms. The minimum atomic E-state index is -1.04. The highest BCUT2D eigenvalue weighted by molar-refractivity contribution is 7.80. The summed E-state index contributed by atoms with van der Waals surface area (Å²) in [6.45, 7) is 5.84. The van der Waals surface area contributed by atoms with Crippen molar-refractivity contribution in [3.8, 4) is 0 Å². The normalized spacial score (nSPS) is 49.9. The Labute approximate surface area is 183 Å². The van der Waals surface area contributed by atoms with Crippen molar-refractivity contribution in [1.29, 1.82) is 0 Å². The minimum absolute atomic E-state index is 0.0850. The van der Waals surface area contributed by atoms with Crippen LogP contribution in [0.5, 0.6) is 0 Å². The van der Waals surface area contributed by atoms with Crippen LogP contribution in [0.15, 0.2) is 5.10 Å². The third-order valence-corrected chi connectivity index (χ3v) is 9.41. The van der Waals surface area contributed by atoms with E-state index >= 15 is 0 Å². The molecule has 0 unspecified atom stereocenters. The molecule has 7 nitrogen and oxygen atoms in total. The molecule has 0 aromatic carbocycles.